The van der Waals surface area contributed by atoms with Gasteiger partial charge in [-0.3, -0.25) is 15.2 Å². The number of carbonyl (C=O) groups is 1. The monoisotopic (exact) mass is 379 g/mol. The lowest BCUT2D eigenvalue weighted by molar-refractivity contribution is 0.102. The summed E-state index contributed by atoms with van der Waals surface area (Å²) in [6.07, 6.45) is 0. The number of halogens is 1. The maximum atomic E-state index is 12.5. The van der Waals surface area contributed by atoms with Crippen molar-refractivity contribution in [2.24, 2.45) is 0 Å². The van der Waals surface area contributed by atoms with Gasteiger partial charge in [0, 0.05) is 10.4 Å². The Balaban J connectivity index is 1.58. The molecule has 4 aromatic rings. The number of nitrogens with one attached hydrogen (secondary N) is 2. The number of para-hydroxylation sites is 1. The molecule has 2 N–H and O–H groups in total. The predicted molar refractivity (Wildman–Crippen MR) is 103 cm³/mol. The van der Waals surface area contributed by atoms with E-state index in [1.807, 2.05) is 36.4 Å². The zero-order valence-electron chi connectivity index (χ0n) is 14.2. The van der Waals surface area contributed by atoms with E-state index in [1.165, 1.54) is 7.11 Å². The van der Waals surface area contributed by atoms with Crippen LogP contribution in [0.5, 0.6) is 5.75 Å². The van der Waals surface area contributed by atoms with Gasteiger partial charge in [-0.05, 0) is 30.3 Å². The molecule has 0 bridgehead atoms. The standard InChI is InChI=1S/C19H14ClN5O2/c1-27-16-10-12(20)7-8-13(16)18(26)23-19-22-17(24-25-19)15-9-6-11-4-2-3-5-14(11)21-15/h2-10H,1H3,(H2,22,23,24,25,26). The second-order valence-corrected chi connectivity index (χ2v) is 6.13. The molecule has 0 aliphatic carbocycles. The van der Waals surface area contributed by atoms with Crippen LogP contribution in [-0.4, -0.2) is 33.2 Å². The number of carbonyl (C=O) groups excluding carboxylic acids is 1. The van der Waals surface area contributed by atoms with E-state index in [2.05, 4.69) is 25.5 Å². The van der Waals surface area contributed by atoms with Gasteiger partial charge in [0.2, 0.25) is 5.95 Å². The number of H-pyrrole nitrogens is 1. The Morgan fingerprint density at radius 2 is 1.96 bits per heavy atom. The van der Waals surface area contributed by atoms with Gasteiger partial charge in [-0.2, -0.15) is 4.98 Å². The molecule has 0 atom stereocenters. The lowest BCUT2D eigenvalue weighted by atomic mass is 10.2. The van der Waals surface area contributed by atoms with Crippen molar-refractivity contribution in [2.45, 2.75) is 0 Å². The molecule has 0 fully saturated rings. The highest BCUT2D eigenvalue weighted by Gasteiger charge is 2.16. The van der Waals surface area contributed by atoms with Crippen LogP contribution in [0, 0.1) is 0 Å². The number of hydrogen-bond acceptors (Lipinski definition) is 5. The average Bonchev–Trinajstić information content (AvgIpc) is 3.15. The molecule has 0 spiro atoms. The molecule has 0 saturated carbocycles. The molecule has 0 aliphatic heterocycles. The molecular weight excluding hydrogens is 366 g/mol. The highest BCUT2D eigenvalue weighted by atomic mass is 35.5. The first-order valence-electron chi connectivity index (χ1n) is 8.07. The summed E-state index contributed by atoms with van der Waals surface area (Å²) in [6.45, 7) is 0. The first-order valence-corrected chi connectivity index (χ1v) is 8.45. The number of pyridine rings is 1. The van der Waals surface area contributed by atoms with Crippen molar-refractivity contribution in [3.63, 3.8) is 0 Å². The molecule has 7 nitrogen and oxygen atoms in total. The molecule has 2 heterocycles. The van der Waals surface area contributed by atoms with Crippen LogP contribution < -0.4 is 10.1 Å². The van der Waals surface area contributed by atoms with E-state index in [0.29, 0.717) is 27.9 Å². The summed E-state index contributed by atoms with van der Waals surface area (Å²) < 4.78 is 5.20. The fourth-order valence-electron chi connectivity index (χ4n) is 2.65. The molecule has 0 unspecified atom stereocenters. The van der Waals surface area contributed by atoms with E-state index in [4.69, 9.17) is 16.3 Å². The second kappa shape index (κ2) is 7.05. The maximum Gasteiger partial charge on any atom is 0.261 e. The van der Waals surface area contributed by atoms with Gasteiger partial charge in [0.05, 0.1) is 18.2 Å². The van der Waals surface area contributed by atoms with Gasteiger partial charge in [-0.15, -0.1) is 5.10 Å². The van der Waals surface area contributed by atoms with Crippen LogP contribution in [0.2, 0.25) is 5.02 Å². The number of aromatic nitrogens is 4. The summed E-state index contributed by atoms with van der Waals surface area (Å²) in [6, 6.07) is 16.3. The predicted octanol–water partition coefficient (Wildman–Crippen LogP) is 3.93. The van der Waals surface area contributed by atoms with Crippen molar-refractivity contribution in [1.82, 2.24) is 20.2 Å². The summed E-state index contributed by atoms with van der Waals surface area (Å²) in [5, 5.41) is 11.0. The fourth-order valence-corrected chi connectivity index (χ4v) is 2.81. The fraction of sp³-hybridized carbons (Fsp3) is 0.0526. The van der Waals surface area contributed by atoms with Crippen LogP contribution in [0.1, 0.15) is 10.4 Å². The van der Waals surface area contributed by atoms with E-state index >= 15 is 0 Å². The third-order valence-corrected chi connectivity index (χ3v) is 4.20. The molecule has 4 rings (SSSR count). The second-order valence-electron chi connectivity index (χ2n) is 5.70. The zero-order chi connectivity index (χ0) is 18.8. The molecule has 8 heteroatoms. The summed E-state index contributed by atoms with van der Waals surface area (Å²) in [7, 11) is 1.47. The number of methoxy groups -OCH3 is 1. The molecule has 2 aromatic carbocycles. The van der Waals surface area contributed by atoms with Gasteiger partial charge in [0.25, 0.3) is 5.91 Å². The first-order chi connectivity index (χ1) is 13.1. The number of rotatable bonds is 4. The minimum atomic E-state index is -0.402. The Morgan fingerprint density at radius 1 is 1.11 bits per heavy atom. The lowest BCUT2D eigenvalue weighted by Gasteiger charge is -2.07. The smallest absolute Gasteiger partial charge is 0.261 e. The average molecular weight is 380 g/mol. The van der Waals surface area contributed by atoms with E-state index < -0.39 is 5.91 Å². The third kappa shape index (κ3) is 3.45. The Kier molecular flexibility index (Phi) is 4.43. The third-order valence-electron chi connectivity index (χ3n) is 3.96. The lowest BCUT2D eigenvalue weighted by Crippen LogP contribution is -2.14. The quantitative estimate of drug-likeness (QED) is 0.560. The van der Waals surface area contributed by atoms with Gasteiger partial charge in [-0.1, -0.05) is 35.9 Å². The highest BCUT2D eigenvalue weighted by Crippen LogP contribution is 2.24. The normalized spacial score (nSPS) is 10.7. The molecule has 27 heavy (non-hydrogen) atoms. The summed E-state index contributed by atoms with van der Waals surface area (Å²) in [4.78, 5) is 21.3. The van der Waals surface area contributed by atoms with Gasteiger partial charge in [0.15, 0.2) is 5.82 Å². The van der Waals surface area contributed by atoms with Crippen molar-refractivity contribution in [3.05, 3.63) is 65.2 Å². The van der Waals surface area contributed by atoms with Crippen molar-refractivity contribution in [1.29, 1.82) is 0 Å². The van der Waals surface area contributed by atoms with E-state index in [0.717, 1.165) is 10.9 Å². The van der Waals surface area contributed by atoms with Crippen LogP contribution in [0.4, 0.5) is 5.95 Å². The number of aromatic amines is 1. The van der Waals surface area contributed by atoms with Crippen molar-refractivity contribution < 1.29 is 9.53 Å². The molecule has 134 valence electrons. The molecular formula is C19H14ClN5O2. The van der Waals surface area contributed by atoms with Crippen LogP contribution in [0.25, 0.3) is 22.4 Å². The first kappa shape index (κ1) is 17.0. The van der Waals surface area contributed by atoms with Crippen molar-refractivity contribution in [3.8, 4) is 17.3 Å². The van der Waals surface area contributed by atoms with Crippen LogP contribution in [-0.2, 0) is 0 Å². The zero-order valence-corrected chi connectivity index (χ0v) is 15.0. The Morgan fingerprint density at radius 3 is 2.81 bits per heavy atom. The van der Waals surface area contributed by atoms with Crippen LogP contribution in [0.3, 0.4) is 0 Å². The largest absolute Gasteiger partial charge is 0.496 e. The van der Waals surface area contributed by atoms with Crippen LogP contribution in [0.15, 0.2) is 54.6 Å². The van der Waals surface area contributed by atoms with Crippen molar-refractivity contribution >= 4 is 34.4 Å². The number of fused-ring (bicyclic) bond motifs is 1. The molecule has 0 aliphatic rings. The summed E-state index contributed by atoms with van der Waals surface area (Å²) >= 11 is 5.92. The number of hydrogen-bond donors (Lipinski definition) is 2. The molecule has 0 saturated heterocycles. The summed E-state index contributed by atoms with van der Waals surface area (Å²) in [5.41, 5.74) is 1.81. The van der Waals surface area contributed by atoms with E-state index in [1.54, 1.807) is 18.2 Å². The number of anilines is 1. The number of amides is 1. The molecule has 2 aromatic heterocycles. The Bertz CT molecular complexity index is 1140. The van der Waals surface area contributed by atoms with Gasteiger partial charge in [0.1, 0.15) is 11.4 Å². The number of ether oxygens (including phenoxy) is 1. The minimum absolute atomic E-state index is 0.141. The summed E-state index contributed by atoms with van der Waals surface area (Å²) in [5.74, 6) is 0.563. The minimum Gasteiger partial charge on any atom is -0.496 e. The topological polar surface area (TPSA) is 92.8 Å². The van der Waals surface area contributed by atoms with E-state index in [-0.39, 0.29) is 5.95 Å². The SMILES string of the molecule is COc1cc(Cl)ccc1C(=O)Nc1n[nH]c(-c2ccc3ccccc3n2)n1. The van der Waals surface area contributed by atoms with Gasteiger partial charge < -0.3 is 4.74 Å². The molecule has 0 radical (unpaired) electrons. The van der Waals surface area contributed by atoms with E-state index in [9.17, 15) is 4.79 Å². The maximum absolute atomic E-state index is 12.5. The van der Waals surface area contributed by atoms with Gasteiger partial charge in [-0.25, -0.2) is 4.98 Å². The highest BCUT2D eigenvalue weighted by molar-refractivity contribution is 6.31. The Labute approximate surface area is 159 Å². The number of benzene rings is 2. The molecule has 1 amide bonds. The van der Waals surface area contributed by atoms with Crippen LogP contribution >= 0.6 is 11.6 Å². The van der Waals surface area contributed by atoms with Gasteiger partial charge >= 0.3 is 0 Å². The Hall–Kier alpha value is -3.45. The number of nitrogens with zero attached hydrogens (tertiary/aromatic N) is 3. The van der Waals surface area contributed by atoms with Crippen molar-refractivity contribution in [2.75, 3.05) is 12.4 Å².